The lowest BCUT2D eigenvalue weighted by Crippen LogP contribution is -2.52. The number of amides is 1. The van der Waals surface area contributed by atoms with Gasteiger partial charge in [0.2, 0.25) is 0 Å². The van der Waals surface area contributed by atoms with E-state index in [1.807, 2.05) is 25.7 Å². The molecule has 5 nitrogen and oxygen atoms in total. The Morgan fingerprint density at radius 2 is 1.79 bits per heavy atom. The topological polar surface area (TPSA) is 50.8 Å². The van der Waals surface area contributed by atoms with Gasteiger partial charge in [-0.05, 0) is 58.8 Å². The van der Waals surface area contributed by atoms with Crippen LogP contribution in [0.2, 0.25) is 0 Å². The third-order valence-corrected chi connectivity index (χ3v) is 4.86. The van der Waals surface area contributed by atoms with Crippen LogP contribution < -0.4 is 5.32 Å². The summed E-state index contributed by atoms with van der Waals surface area (Å²) in [5, 5.41) is 3.61. The smallest absolute Gasteiger partial charge is 0.410 e. The molecule has 2 bridgehead atoms. The molecule has 2 atom stereocenters. The van der Waals surface area contributed by atoms with Crippen LogP contribution in [0.1, 0.15) is 66.7 Å². The van der Waals surface area contributed by atoms with Crippen molar-refractivity contribution in [3.8, 4) is 0 Å². The van der Waals surface area contributed by atoms with Gasteiger partial charge in [-0.3, -0.25) is 0 Å². The van der Waals surface area contributed by atoms with Gasteiger partial charge >= 0.3 is 6.09 Å². The molecule has 0 aliphatic carbocycles. The molecule has 0 aromatic rings. The number of fused-ring (bicyclic) bond motifs is 2. The molecule has 1 N–H and O–H groups in total. The lowest BCUT2D eigenvalue weighted by atomic mass is 9.98. The first-order chi connectivity index (χ1) is 11.3. The number of piperidine rings is 1. The molecule has 0 spiro atoms. The molecule has 2 heterocycles. The maximum Gasteiger partial charge on any atom is 0.410 e. The third kappa shape index (κ3) is 5.92. The lowest BCUT2D eigenvalue weighted by Gasteiger charge is -2.39. The number of nitrogens with zero attached hydrogens (tertiary/aromatic N) is 1. The zero-order chi connectivity index (χ0) is 17.7. The number of carbonyl (C=O) groups is 1. The van der Waals surface area contributed by atoms with E-state index in [2.05, 4.69) is 19.2 Å². The summed E-state index contributed by atoms with van der Waals surface area (Å²) >= 11 is 0. The van der Waals surface area contributed by atoms with Gasteiger partial charge in [0.05, 0.1) is 6.61 Å². The second-order valence-electron chi connectivity index (χ2n) is 8.69. The largest absolute Gasteiger partial charge is 0.444 e. The van der Waals surface area contributed by atoms with Gasteiger partial charge in [0.25, 0.3) is 0 Å². The summed E-state index contributed by atoms with van der Waals surface area (Å²) in [4.78, 5) is 14.4. The summed E-state index contributed by atoms with van der Waals surface area (Å²) in [5.41, 5.74) is -0.418. The van der Waals surface area contributed by atoms with Crippen LogP contribution in [0.4, 0.5) is 4.79 Å². The standard InChI is InChI=1S/C19H36N2O3/c1-14(2)8-10-23-11-9-20-15-12-16-6-7-17(13-15)21(16)18(22)24-19(3,4)5/h14-17,20H,6-13H2,1-5H3. The van der Waals surface area contributed by atoms with Gasteiger partial charge in [0.1, 0.15) is 5.60 Å². The van der Waals surface area contributed by atoms with Crippen molar-refractivity contribution in [3.05, 3.63) is 0 Å². The van der Waals surface area contributed by atoms with E-state index in [0.29, 0.717) is 24.0 Å². The van der Waals surface area contributed by atoms with E-state index in [1.165, 1.54) is 0 Å². The van der Waals surface area contributed by atoms with Gasteiger partial charge in [-0.1, -0.05) is 13.8 Å². The van der Waals surface area contributed by atoms with E-state index in [1.54, 1.807) is 0 Å². The van der Waals surface area contributed by atoms with E-state index in [-0.39, 0.29) is 6.09 Å². The zero-order valence-corrected chi connectivity index (χ0v) is 16.1. The van der Waals surface area contributed by atoms with Crippen LogP contribution in [0.3, 0.4) is 0 Å². The molecule has 0 aromatic heterocycles. The summed E-state index contributed by atoms with van der Waals surface area (Å²) in [6.45, 7) is 12.7. The number of carbonyl (C=O) groups excluding carboxylic acids is 1. The average molecular weight is 341 g/mol. The molecule has 2 saturated heterocycles. The van der Waals surface area contributed by atoms with E-state index in [0.717, 1.165) is 51.9 Å². The number of hydrogen-bond donors (Lipinski definition) is 1. The second-order valence-corrected chi connectivity index (χ2v) is 8.69. The highest BCUT2D eigenvalue weighted by Crippen LogP contribution is 2.36. The molecule has 2 aliphatic heterocycles. The predicted molar refractivity (Wildman–Crippen MR) is 96.2 cm³/mol. The van der Waals surface area contributed by atoms with Gasteiger partial charge < -0.3 is 19.7 Å². The Bertz CT molecular complexity index is 392. The molecular weight excluding hydrogens is 304 g/mol. The number of rotatable bonds is 7. The normalized spacial score (nSPS) is 26.9. The van der Waals surface area contributed by atoms with E-state index >= 15 is 0 Å². The Kier molecular flexibility index (Phi) is 6.93. The van der Waals surface area contributed by atoms with E-state index < -0.39 is 5.60 Å². The second kappa shape index (κ2) is 8.52. The van der Waals surface area contributed by atoms with E-state index in [9.17, 15) is 4.79 Å². The molecule has 1 amide bonds. The van der Waals surface area contributed by atoms with Crippen molar-refractivity contribution in [2.24, 2.45) is 5.92 Å². The minimum atomic E-state index is -0.418. The van der Waals surface area contributed by atoms with Crippen molar-refractivity contribution in [1.29, 1.82) is 0 Å². The Morgan fingerprint density at radius 3 is 2.33 bits per heavy atom. The third-order valence-electron chi connectivity index (χ3n) is 4.86. The van der Waals surface area contributed by atoms with Crippen LogP contribution in [0, 0.1) is 5.92 Å². The van der Waals surface area contributed by atoms with Crippen LogP contribution >= 0.6 is 0 Å². The maximum absolute atomic E-state index is 12.4. The first-order valence-corrected chi connectivity index (χ1v) is 9.58. The van der Waals surface area contributed by atoms with Crippen molar-refractivity contribution in [1.82, 2.24) is 10.2 Å². The number of hydrogen-bond acceptors (Lipinski definition) is 4. The number of ether oxygens (including phenoxy) is 2. The Balaban J connectivity index is 1.70. The SMILES string of the molecule is CC(C)CCOCCNC1CC2CCC(C1)N2C(=O)OC(C)(C)C. The zero-order valence-electron chi connectivity index (χ0n) is 16.1. The van der Waals surface area contributed by atoms with Crippen LogP contribution in [0.5, 0.6) is 0 Å². The first-order valence-electron chi connectivity index (χ1n) is 9.58. The fraction of sp³-hybridized carbons (Fsp3) is 0.947. The molecular formula is C19H36N2O3. The van der Waals surface area contributed by atoms with Gasteiger partial charge in [-0.15, -0.1) is 0 Å². The molecule has 2 aliphatic rings. The highest BCUT2D eigenvalue weighted by Gasteiger charge is 2.44. The average Bonchev–Trinajstić information content (AvgIpc) is 2.72. The predicted octanol–water partition coefficient (Wildman–Crippen LogP) is 3.57. The summed E-state index contributed by atoms with van der Waals surface area (Å²) in [6, 6.07) is 1.16. The van der Waals surface area contributed by atoms with Crippen molar-refractivity contribution < 1.29 is 14.3 Å². The van der Waals surface area contributed by atoms with Gasteiger partial charge in [0.15, 0.2) is 0 Å². The summed E-state index contributed by atoms with van der Waals surface area (Å²) in [6.07, 6.45) is 5.26. The van der Waals surface area contributed by atoms with E-state index in [4.69, 9.17) is 9.47 Å². The molecule has 0 saturated carbocycles. The van der Waals surface area contributed by atoms with Gasteiger partial charge in [-0.2, -0.15) is 0 Å². The molecule has 2 fully saturated rings. The summed E-state index contributed by atoms with van der Waals surface area (Å²) < 4.78 is 11.3. The summed E-state index contributed by atoms with van der Waals surface area (Å²) in [7, 11) is 0. The van der Waals surface area contributed by atoms with Crippen LogP contribution in [0.15, 0.2) is 0 Å². The highest BCUT2D eigenvalue weighted by molar-refractivity contribution is 5.69. The Labute approximate surface area is 147 Å². The van der Waals surface area contributed by atoms with Crippen molar-refractivity contribution >= 4 is 6.09 Å². The van der Waals surface area contributed by atoms with Crippen molar-refractivity contribution in [3.63, 3.8) is 0 Å². The molecule has 24 heavy (non-hydrogen) atoms. The minimum absolute atomic E-state index is 0.134. The first kappa shape index (κ1) is 19.5. The van der Waals surface area contributed by atoms with Crippen LogP contribution in [-0.2, 0) is 9.47 Å². The van der Waals surface area contributed by atoms with Crippen LogP contribution in [-0.4, -0.2) is 54.5 Å². The van der Waals surface area contributed by atoms with Crippen molar-refractivity contribution in [2.45, 2.75) is 90.4 Å². The minimum Gasteiger partial charge on any atom is -0.444 e. The van der Waals surface area contributed by atoms with Crippen molar-refractivity contribution in [2.75, 3.05) is 19.8 Å². The lowest BCUT2D eigenvalue weighted by molar-refractivity contribution is 0.00434. The molecule has 5 heteroatoms. The van der Waals surface area contributed by atoms with Crippen LogP contribution in [0.25, 0.3) is 0 Å². The maximum atomic E-state index is 12.4. The molecule has 140 valence electrons. The molecule has 0 aromatic carbocycles. The molecule has 0 radical (unpaired) electrons. The fourth-order valence-electron chi connectivity index (χ4n) is 3.71. The summed E-state index contributed by atoms with van der Waals surface area (Å²) in [5.74, 6) is 0.700. The Hall–Kier alpha value is -0.810. The highest BCUT2D eigenvalue weighted by atomic mass is 16.6. The quantitative estimate of drug-likeness (QED) is 0.720. The number of nitrogens with one attached hydrogen (secondary N) is 1. The Morgan fingerprint density at radius 1 is 1.17 bits per heavy atom. The fourth-order valence-corrected chi connectivity index (χ4v) is 3.71. The van der Waals surface area contributed by atoms with Gasteiger partial charge in [-0.25, -0.2) is 4.79 Å². The van der Waals surface area contributed by atoms with Gasteiger partial charge in [0, 0.05) is 31.3 Å². The molecule has 2 unspecified atom stereocenters. The molecule has 2 rings (SSSR count). The monoisotopic (exact) mass is 340 g/mol.